The summed E-state index contributed by atoms with van der Waals surface area (Å²) in [5.41, 5.74) is 5.14. The third-order valence-electron chi connectivity index (χ3n) is 2.08. The van der Waals surface area contributed by atoms with Gasteiger partial charge in [-0.05, 0) is 12.1 Å². The number of aromatic nitrogens is 3. The van der Waals surface area contributed by atoms with Crippen molar-refractivity contribution < 1.29 is 4.39 Å². The van der Waals surface area contributed by atoms with Crippen LogP contribution in [-0.2, 0) is 7.05 Å². The Morgan fingerprint density at radius 2 is 2.27 bits per heavy atom. The molecule has 0 bridgehead atoms. The molecule has 0 aliphatic carbocycles. The normalized spacial score (nSPS) is 10.5. The summed E-state index contributed by atoms with van der Waals surface area (Å²) in [6.07, 6.45) is 2.72. The van der Waals surface area contributed by atoms with Crippen molar-refractivity contribution in [3.05, 3.63) is 40.8 Å². The summed E-state index contributed by atoms with van der Waals surface area (Å²) < 4.78 is 15.6. The zero-order chi connectivity index (χ0) is 11.0. The smallest absolute Gasteiger partial charge is 0.278 e. The lowest BCUT2D eigenvalue weighted by atomic mass is 10.4. The molecule has 2 aromatic heterocycles. The number of hydrogen-bond acceptors (Lipinski definition) is 3. The van der Waals surface area contributed by atoms with Crippen LogP contribution in [0.15, 0.2) is 29.3 Å². The molecule has 0 unspecified atom stereocenters. The lowest BCUT2D eigenvalue weighted by Gasteiger charge is -2.02. The van der Waals surface area contributed by atoms with Gasteiger partial charge in [0.15, 0.2) is 0 Å². The van der Waals surface area contributed by atoms with E-state index in [4.69, 9.17) is 5.73 Å². The molecule has 15 heavy (non-hydrogen) atoms. The van der Waals surface area contributed by atoms with Crippen molar-refractivity contribution in [1.29, 1.82) is 0 Å². The fourth-order valence-corrected chi connectivity index (χ4v) is 1.27. The van der Waals surface area contributed by atoms with Gasteiger partial charge in [0.1, 0.15) is 5.69 Å². The number of nitrogens with two attached hydrogens (primary N) is 1. The van der Waals surface area contributed by atoms with Gasteiger partial charge < -0.3 is 5.73 Å². The summed E-state index contributed by atoms with van der Waals surface area (Å²) in [5.74, 6) is -0.581. The molecule has 6 heteroatoms. The van der Waals surface area contributed by atoms with E-state index in [1.165, 1.54) is 25.5 Å². The Bertz CT molecular complexity index is 557. The standard InChI is InChI=1S/C9H9FN4O/c1-13-8(10)7(5-12-13)14-4-2-3-6(11)9(14)15/h2-5H,11H2,1H3. The Hall–Kier alpha value is -2.11. The number of anilines is 1. The molecule has 78 valence electrons. The second-order valence-electron chi connectivity index (χ2n) is 3.08. The molecule has 0 atom stereocenters. The van der Waals surface area contributed by atoms with Crippen molar-refractivity contribution in [3.8, 4) is 5.69 Å². The first kappa shape index (κ1) is 9.45. The highest BCUT2D eigenvalue weighted by molar-refractivity contribution is 5.38. The van der Waals surface area contributed by atoms with Crippen LogP contribution in [0.1, 0.15) is 0 Å². The van der Waals surface area contributed by atoms with E-state index in [1.54, 1.807) is 6.07 Å². The van der Waals surface area contributed by atoms with Crippen molar-refractivity contribution in [2.24, 2.45) is 7.05 Å². The topological polar surface area (TPSA) is 65.8 Å². The van der Waals surface area contributed by atoms with Gasteiger partial charge in [0.05, 0.1) is 11.9 Å². The zero-order valence-corrected chi connectivity index (χ0v) is 8.01. The van der Waals surface area contributed by atoms with Crippen molar-refractivity contribution in [3.63, 3.8) is 0 Å². The van der Waals surface area contributed by atoms with Crippen LogP contribution >= 0.6 is 0 Å². The molecule has 0 fully saturated rings. The lowest BCUT2D eigenvalue weighted by Crippen LogP contribution is -2.20. The Kier molecular flexibility index (Phi) is 2.03. The molecule has 2 rings (SSSR count). The number of pyridine rings is 1. The zero-order valence-electron chi connectivity index (χ0n) is 8.01. The van der Waals surface area contributed by atoms with E-state index in [2.05, 4.69) is 5.10 Å². The average molecular weight is 208 g/mol. The van der Waals surface area contributed by atoms with Gasteiger partial charge in [-0.2, -0.15) is 9.49 Å². The summed E-state index contributed by atoms with van der Waals surface area (Å²) >= 11 is 0. The van der Waals surface area contributed by atoms with Gasteiger partial charge in [-0.3, -0.25) is 9.36 Å². The molecule has 0 saturated heterocycles. The third-order valence-corrected chi connectivity index (χ3v) is 2.08. The summed E-state index contributed by atoms with van der Waals surface area (Å²) in [7, 11) is 1.45. The van der Waals surface area contributed by atoms with Gasteiger partial charge in [0.2, 0.25) is 5.95 Å². The Balaban J connectivity index is 2.70. The molecular formula is C9H9FN4O. The first-order valence-corrected chi connectivity index (χ1v) is 4.26. The van der Waals surface area contributed by atoms with Crippen LogP contribution < -0.4 is 11.3 Å². The minimum Gasteiger partial charge on any atom is -0.394 e. The SMILES string of the molecule is Cn1ncc(-n2cccc(N)c2=O)c1F. The number of nitrogens with zero attached hydrogens (tertiary/aromatic N) is 3. The molecule has 0 aromatic carbocycles. The minimum atomic E-state index is -0.581. The number of nitrogen functional groups attached to an aromatic ring is 1. The molecule has 0 aliphatic rings. The van der Waals surface area contributed by atoms with Crippen LogP contribution in [0.5, 0.6) is 0 Å². The summed E-state index contributed by atoms with van der Waals surface area (Å²) in [4.78, 5) is 11.6. The first-order valence-electron chi connectivity index (χ1n) is 4.26. The maximum absolute atomic E-state index is 13.5. The van der Waals surface area contributed by atoms with Gasteiger partial charge in [-0.1, -0.05) is 0 Å². The number of hydrogen-bond donors (Lipinski definition) is 1. The van der Waals surface area contributed by atoms with Gasteiger partial charge in [-0.25, -0.2) is 4.68 Å². The molecule has 0 amide bonds. The molecule has 2 heterocycles. The van der Waals surface area contributed by atoms with Gasteiger partial charge >= 0.3 is 0 Å². The van der Waals surface area contributed by atoms with Gasteiger partial charge in [-0.15, -0.1) is 0 Å². The summed E-state index contributed by atoms with van der Waals surface area (Å²) in [6.45, 7) is 0. The summed E-state index contributed by atoms with van der Waals surface area (Å²) in [5, 5.41) is 3.70. The van der Waals surface area contributed by atoms with Crippen LogP contribution in [-0.4, -0.2) is 14.3 Å². The molecule has 0 radical (unpaired) electrons. The van der Waals surface area contributed by atoms with E-state index in [-0.39, 0.29) is 11.4 Å². The van der Waals surface area contributed by atoms with E-state index in [1.807, 2.05) is 0 Å². The minimum absolute atomic E-state index is 0.0701. The Morgan fingerprint density at radius 1 is 1.53 bits per heavy atom. The van der Waals surface area contributed by atoms with Crippen LogP contribution in [0.4, 0.5) is 10.1 Å². The quantitative estimate of drug-likeness (QED) is 0.732. The fraction of sp³-hybridized carbons (Fsp3) is 0.111. The average Bonchev–Trinajstić information content (AvgIpc) is 2.53. The molecular weight excluding hydrogens is 199 g/mol. The van der Waals surface area contributed by atoms with Gasteiger partial charge in [0.25, 0.3) is 5.56 Å². The van der Waals surface area contributed by atoms with Crippen LogP contribution in [0.25, 0.3) is 5.69 Å². The van der Waals surface area contributed by atoms with E-state index in [0.717, 1.165) is 9.25 Å². The second kappa shape index (κ2) is 3.23. The molecule has 0 aliphatic heterocycles. The molecule has 0 saturated carbocycles. The van der Waals surface area contributed by atoms with Crippen molar-refractivity contribution >= 4 is 5.69 Å². The largest absolute Gasteiger partial charge is 0.394 e. The predicted octanol–water partition coefficient (Wildman–Crippen LogP) is 0.292. The third kappa shape index (κ3) is 1.39. The molecule has 2 N–H and O–H groups in total. The maximum Gasteiger partial charge on any atom is 0.278 e. The van der Waals surface area contributed by atoms with E-state index in [9.17, 15) is 9.18 Å². The van der Waals surface area contributed by atoms with Crippen molar-refractivity contribution in [2.75, 3.05) is 5.73 Å². The highest BCUT2D eigenvalue weighted by Crippen LogP contribution is 2.09. The second-order valence-corrected chi connectivity index (χ2v) is 3.08. The van der Waals surface area contributed by atoms with Gasteiger partial charge in [0, 0.05) is 13.2 Å². The van der Waals surface area contributed by atoms with E-state index < -0.39 is 11.5 Å². The van der Waals surface area contributed by atoms with Crippen molar-refractivity contribution in [1.82, 2.24) is 14.3 Å². The number of aryl methyl sites for hydroxylation is 1. The van der Waals surface area contributed by atoms with E-state index >= 15 is 0 Å². The monoisotopic (exact) mass is 208 g/mol. The molecule has 0 spiro atoms. The van der Waals surface area contributed by atoms with E-state index in [0.29, 0.717) is 0 Å². The van der Waals surface area contributed by atoms with Crippen LogP contribution in [0.3, 0.4) is 0 Å². The maximum atomic E-state index is 13.5. The number of rotatable bonds is 1. The predicted molar refractivity (Wildman–Crippen MR) is 53.2 cm³/mol. The first-order chi connectivity index (χ1) is 7.11. The summed E-state index contributed by atoms with van der Waals surface area (Å²) in [6, 6.07) is 3.04. The van der Waals surface area contributed by atoms with Crippen LogP contribution in [0.2, 0.25) is 0 Å². The fourth-order valence-electron chi connectivity index (χ4n) is 1.27. The lowest BCUT2D eigenvalue weighted by molar-refractivity contribution is 0.499. The molecule has 2 aromatic rings. The van der Waals surface area contributed by atoms with Crippen LogP contribution in [0, 0.1) is 5.95 Å². The Morgan fingerprint density at radius 3 is 2.87 bits per heavy atom. The highest BCUT2D eigenvalue weighted by atomic mass is 19.1. The number of halogens is 1. The Labute approximate surface area is 84.6 Å². The molecule has 5 nitrogen and oxygen atoms in total. The highest BCUT2D eigenvalue weighted by Gasteiger charge is 2.11. The van der Waals surface area contributed by atoms with Crippen molar-refractivity contribution in [2.45, 2.75) is 0 Å².